The number of halogens is 3. The molecule has 4 rings (SSSR count). The van der Waals surface area contributed by atoms with Crippen molar-refractivity contribution < 1.29 is 22.7 Å². The maximum absolute atomic E-state index is 12.9. The number of hydrogen-bond donors (Lipinski definition) is 0. The van der Waals surface area contributed by atoms with E-state index >= 15 is 0 Å². The van der Waals surface area contributed by atoms with Gasteiger partial charge in [0, 0.05) is 41.7 Å². The van der Waals surface area contributed by atoms with Crippen molar-refractivity contribution in [2.45, 2.75) is 38.3 Å². The Bertz CT molecular complexity index is 1130. The fraction of sp³-hybridized carbons (Fsp3) is 0.292. The van der Waals surface area contributed by atoms with Gasteiger partial charge in [0.2, 0.25) is 11.8 Å². The molecule has 0 unspecified atom stereocenters. The van der Waals surface area contributed by atoms with Crippen LogP contribution in [0.2, 0.25) is 0 Å². The number of carbonyl (C=O) groups is 1. The highest BCUT2D eigenvalue weighted by molar-refractivity contribution is 6.16. The minimum Gasteiger partial charge on any atom is -0.439 e. The Hall–Kier alpha value is -3.62. The van der Waals surface area contributed by atoms with Crippen LogP contribution in [0.15, 0.2) is 66.3 Å². The van der Waals surface area contributed by atoms with E-state index in [1.54, 1.807) is 36.7 Å². The lowest BCUT2D eigenvalue weighted by atomic mass is 9.88. The first-order chi connectivity index (χ1) is 15.9. The smallest absolute Gasteiger partial charge is 0.417 e. The highest BCUT2D eigenvalue weighted by Crippen LogP contribution is 2.30. The van der Waals surface area contributed by atoms with Gasteiger partial charge in [0.25, 0.3) is 0 Å². The van der Waals surface area contributed by atoms with E-state index in [0.29, 0.717) is 22.6 Å². The summed E-state index contributed by atoms with van der Waals surface area (Å²) in [6, 6.07) is 8.84. The summed E-state index contributed by atoms with van der Waals surface area (Å²) in [5.74, 6) is 0.0767. The molecule has 0 spiro atoms. The first-order valence-electron chi connectivity index (χ1n) is 10.6. The Morgan fingerprint density at radius 2 is 1.73 bits per heavy atom. The molecule has 6 nitrogen and oxygen atoms in total. The normalized spacial score (nSPS) is 15.3. The van der Waals surface area contributed by atoms with E-state index in [0.717, 1.165) is 50.4 Å². The van der Waals surface area contributed by atoms with Gasteiger partial charge in [-0.05, 0) is 31.0 Å². The van der Waals surface area contributed by atoms with Crippen LogP contribution < -0.4 is 4.74 Å². The van der Waals surface area contributed by atoms with Gasteiger partial charge in [0.15, 0.2) is 0 Å². The molecule has 33 heavy (non-hydrogen) atoms. The molecule has 2 heterocycles. The Kier molecular flexibility index (Phi) is 6.76. The number of rotatable bonds is 5. The molecule has 1 amide bonds. The molecular formula is C24H21F3N4O2. The summed E-state index contributed by atoms with van der Waals surface area (Å²) in [5.41, 5.74) is 0.727. The standard InChI is InChI=1S/C24H21F3N4O2/c25-24(26,27)19-9-10-21(30-14-19)33-20-8-4-7-17(11-20)22(18-12-28-15-29-13-18)31-23(32)16-5-2-1-3-6-16/h4,7-16H,1-3,5-6H2. The molecule has 2 aromatic heterocycles. The second kappa shape index (κ2) is 9.89. The highest BCUT2D eigenvalue weighted by atomic mass is 19.4. The van der Waals surface area contributed by atoms with Crippen LogP contribution in [0.1, 0.15) is 48.8 Å². The molecule has 1 fully saturated rings. The fourth-order valence-corrected chi connectivity index (χ4v) is 3.70. The Morgan fingerprint density at radius 3 is 2.39 bits per heavy atom. The lowest BCUT2D eigenvalue weighted by Crippen LogP contribution is -2.18. The van der Waals surface area contributed by atoms with E-state index in [-0.39, 0.29) is 17.7 Å². The van der Waals surface area contributed by atoms with Crippen LogP contribution >= 0.6 is 0 Å². The van der Waals surface area contributed by atoms with Crippen molar-refractivity contribution in [1.82, 2.24) is 15.0 Å². The molecule has 3 aromatic rings. The molecule has 0 atom stereocenters. The fourth-order valence-electron chi connectivity index (χ4n) is 3.70. The maximum atomic E-state index is 12.9. The number of nitrogens with zero attached hydrogens (tertiary/aromatic N) is 4. The number of pyridine rings is 1. The van der Waals surface area contributed by atoms with E-state index in [1.807, 2.05) is 0 Å². The average molecular weight is 454 g/mol. The van der Waals surface area contributed by atoms with E-state index in [1.165, 1.54) is 6.33 Å². The summed E-state index contributed by atoms with van der Waals surface area (Å²) in [6.45, 7) is 0. The van der Waals surface area contributed by atoms with E-state index in [4.69, 9.17) is 4.74 Å². The summed E-state index contributed by atoms with van der Waals surface area (Å²) in [5, 5.41) is 0. The molecule has 9 heteroatoms. The summed E-state index contributed by atoms with van der Waals surface area (Å²) in [6.07, 6.45) is 5.58. The average Bonchev–Trinajstić information content (AvgIpc) is 2.83. The summed E-state index contributed by atoms with van der Waals surface area (Å²) < 4.78 is 43.9. The van der Waals surface area contributed by atoms with Crippen molar-refractivity contribution in [3.63, 3.8) is 0 Å². The molecule has 1 saturated carbocycles. The third-order valence-electron chi connectivity index (χ3n) is 5.40. The van der Waals surface area contributed by atoms with E-state index in [2.05, 4.69) is 19.9 Å². The van der Waals surface area contributed by atoms with Gasteiger partial charge in [-0.1, -0.05) is 31.4 Å². The topological polar surface area (TPSA) is 77.3 Å². The molecule has 1 aliphatic carbocycles. The van der Waals surface area contributed by atoms with Gasteiger partial charge in [-0.15, -0.1) is 0 Å². The number of carbonyl (C=O) groups excluding carboxylic acids is 1. The number of ether oxygens (including phenoxy) is 1. The lowest BCUT2D eigenvalue weighted by Gasteiger charge is -2.18. The summed E-state index contributed by atoms with van der Waals surface area (Å²) in [7, 11) is 0. The van der Waals surface area contributed by atoms with Crippen LogP contribution in [0.5, 0.6) is 11.6 Å². The van der Waals surface area contributed by atoms with Gasteiger partial charge in [0.1, 0.15) is 12.1 Å². The van der Waals surface area contributed by atoms with Crippen molar-refractivity contribution in [2.24, 2.45) is 10.9 Å². The molecule has 0 aliphatic heterocycles. The Morgan fingerprint density at radius 1 is 0.970 bits per heavy atom. The second-order valence-electron chi connectivity index (χ2n) is 7.77. The summed E-state index contributed by atoms with van der Waals surface area (Å²) >= 11 is 0. The number of hydrogen-bond acceptors (Lipinski definition) is 5. The minimum absolute atomic E-state index is 0.0139. The van der Waals surface area contributed by atoms with Crippen molar-refractivity contribution in [2.75, 3.05) is 0 Å². The van der Waals surface area contributed by atoms with Crippen molar-refractivity contribution in [1.29, 1.82) is 0 Å². The number of aromatic nitrogens is 3. The van der Waals surface area contributed by atoms with Crippen LogP contribution in [0, 0.1) is 5.92 Å². The molecular weight excluding hydrogens is 433 g/mol. The van der Waals surface area contributed by atoms with Crippen LogP contribution in [0.3, 0.4) is 0 Å². The van der Waals surface area contributed by atoms with E-state index < -0.39 is 11.7 Å². The molecule has 0 N–H and O–H groups in total. The zero-order chi connectivity index (χ0) is 23.3. The van der Waals surface area contributed by atoms with Gasteiger partial charge < -0.3 is 4.74 Å². The molecule has 0 saturated heterocycles. The minimum atomic E-state index is -4.47. The molecule has 1 aromatic carbocycles. The molecule has 0 bridgehead atoms. The zero-order valence-corrected chi connectivity index (χ0v) is 17.6. The van der Waals surface area contributed by atoms with Gasteiger partial charge in [-0.3, -0.25) is 4.79 Å². The van der Waals surface area contributed by atoms with Crippen molar-refractivity contribution >= 4 is 11.6 Å². The third kappa shape index (κ3) is 5.79. The quantitative estimate of drug-likeness (QED) is 0.467. The predicted molar refractivity (Wildman–Crippen MR) is 115 cm³/mol. The van der Waals surface area contributed by atoms with Gasteiger partial charge in [0.05, 0.1) is 11.3 Å². The lowest BCUT2D eigenvalue weighted by molar-refractivity contribution is -0.137. The predicted octanol–water partition coefficient (Wildman–Crippen LogP) is 5.63. The largest absolute Gasteiger partial charge is 0.439 e. The maximum Gasteiger partial charge on any atom is 0.417 e. The summed E-state index contributed by atoms with van der Waals surface area (Å²) in [4.78, 5) is 29.1. The number of alkyl halides is 3. The zero-order valence-electron chi connectivity index (χ0n) is 17.6. The monoisotopic (exact) mass is 454 g/mol. The first-order valence-corrected chi connectivity index (χ1v) is 10.6. The van der Waals surface area contributed by atoms with Crippen molar-refractivity contribution in [3.05, 3.63) is 78.0 Å². The number of aliphatic imine (C=N–C) groups is 1. The van der Waals surface area contributed by atoms with Crippen LogP contribution in [-0.4, -0.2) is 26.6 Å². The van der Waals surface area contributed by atoms with E-state index in [9.17, 15) is 18.0 Å². The number of amides is 1. The highest BCUT2D eigenvalue weighted by Gasteiger charge is 2.30. The van der Waals surface area contributed by atoms with Gasteiger partial charge in [-0.25, -0.2) is 19.9 Å². The Balaban J connectivity index is 1.62. The molecule has 1 aliphatic rings. The van der Waals surface area contributed by atoms with Crippen LogP contribution in [0.4, 0.5) is 13.2 Å². The molecule has 170 valence electrons. The van der Waals surface area contributed by atoms with Crippen LogP contribution in [0.25, 0.3) is 0 Å². The second-order valence-corrected chi connectivity index (χ2v) is 7.77. The van der Waals surface area contributed by atoms with Gasteiger partial charge >= 0.3 is 6.18 Å². The first kappa shape index (κ1) is 22.6. The third-order valence-corrected chi connectivity index (χ3v) is 5.40. The van der Waals surface area contributed by atoms with Crippen molar-refractivity contribution in [3.8, 4) is 11.6 Å². The van der Waals surface area contributed by atoms with Crippen LogP contribution in [-0.2, 0) is 11.0 Å². The molecule has 0 radical (unpaired) electrons. The number of benzene rings is 1. The van der Waals surface area contributed by atoms with Gasteiger partial charge in [-0.2, -0.15) is 13.2 Å². The SMILES string of the molecule is O=C(N=C(c1cncnc1)c1cccc(Oc2ccc(C(F)(F)F)cn2)c1)C1CCCCC1. The Labute approximate surface area is 188 Å².